The fourth-order valence-electron chi connectivity index (χ4n) is 1.80. The number of hydrogen-bond acceptors (Lipinski definition) is 3. The van der Waals surface area contributed by atoms with E-state index in [4.69, 9.17) is 0 Å². The van der Waals surface area contributed by atoms with E-state index < -0.39 is 10.0 Å². The zero-order valence-corrected chi connectivity index (χ0v) is 9.57. The molecule has 0 unspecified atom stereocenters. The summed E-state index contributed by atoms with van der Waals surface area (Å²) in [5.41, 5.74) is 0. The second kappa shape index (κ2) is 5.68. The molecule has 0 atom stereocenters. The standard InChI is InChI=1S/C9H20N2O2S/c1-10-7-4-8-11-14(12,13)9-5-2-3-6-9/h9-11H,2-8H2,1H3. The molecule has 1 rings (SSSR count). The molecule has 1 saturated carbocycles. The highest BCUT2D eigenvalue weighted by molar-refractivity contribution is 7.90. The van der Waals surface area contributed by atoms with Gasteiger partial charge in [0.1, 0.15) is 0 Å². The first kappa shape index (κ1) is 11.9. The van der Waals surface area contributed by atoms with Crippen molar-refractivity contribution in [1.82, 2.24) is 10.0 Å². The Hall–Kier alpha value is -0.130. The molecule has 0 saturated heterocycles. The van der Waals surface area contributed by atoms with Crippen molar-refractivity contribution in [2.24, 2.45) is 0 Å². The molecule has 0 aromatic carbocycles. The lowest BCUT2D eigenvalue weighted by atomic mass is 10.4. The molecule has 4 nitrogen and oxygen atoms in total. The first-order chi connectivity index (χ1) is 6.67. The van der Waals surface area contributed by atoms with E-state index in [0.717, 1.165) is 38.6 Å². The summed E-state index contributed by atoms with van der Waals surface area (Å²) in [5.74, 6) is 0. The largest absolute Gasteiger partial charge is 0.320 e. The van der Waals surface area contributed by atoms with Gasteiger partial charge in [0.2, 0.25) is 10.0 Å². The Kier molecular flexibility index (Phi) is 4.84. The van der Waals surface area contributed by atoms with Gasteiger partial charge in [-0.25, -0.2) is 13.1 Å². The zero-order chi connectivity index (χ0) is 10.4. The molecule has 0 radical (unpaired) electrons. The second-order valence-corrected chi connectivity index (χ2v) is 5.85. The predicted octanol–water partition coefficient (Wildman–Crippen LogP) is 0.458. The topological polar surface area (TPSA) is 58.2 Å². The van der Waals surface area contributed by atoms with E-state index in [2.05, 4.69) is 10.0 Å². The lowest BCUT2D eigenvalue weighted by Gasteiger charge is -2.11. The minimum absolute atomic E-state index is 0.128. The number of hydrogen-bond donors (Lipinski definition) is 2. The van der Waals surface area contributed by atoms with Crippen LogP contribution in [0.15, 0.2) is 0 Å². The van der Waals surface area contributed by atoms with Gasteiger partial charge in [-0.3, -0.25) is 0 Å². The number of sulfonamides is 1. The monoisotopic (exact) mass is 220 g/mol. The smallest absolute Gasteiger partial charge is 0.214 e. The van der Waals surface area contributed by atoms with E-state index in [-0.39, 0.29) is 5.25 Å². The van der Waals surface area contributed by atoms with Crippen LogP contribution in [-0.2, 0) is 10.0 Å². The van der Waals surface area contributed by atoms with Crippen molar-refractivity contribution in [3.8, 4) is 0 Å². The van der Waals surface area contributed by atoms with Crippen LogP contribution in [0.25, 0.3) is 0 Å². The van der Waals surface area contributed by atoms with Crippen LogP contribution in [0.5, 0.6) is 0 Å². The van der Waals surface area contributed by atoms with Crippen LogP contribution in [0.1, 0.15) is 32.1 Å². The molecule has 1 fully saturated rings. The van der Waals surface area contributed by atoms with E-state index in [1.165, 1.54) is 0 Å². The Morgan fingerprint density at radius 1 is 1.21 bits per heavy atom. The van der Waals surface area contributed by atoms with Crippen LogP contribution in [0.3, 0.4) is 0 Å². The van der Waals surface area contributed by atoms with Gasteiger partial charge >= 0.3 is 0 Å². The average molecular weight is 220 g/mol. The summed E-state index contributed by atoms with van der Waals surface area (Å²) in [7, 11) is -1.15. The highest BCUT2D eigenvalue weighted by Crippen LogP contribution is 2.23. The van der Waals surface area contributed by atoms with Crippen molar-refractivity contribution in [3.63, 3.8) is 0 Å². The fourth-order valence-corrected chi connectivity index (χ4v) is 3.41. The molecule has 1 aliphatic carbocycles. The van der Waals surface area contributed by atoms with Crippen LogP contribution in [0.4, 0.5) is 0 Å². The molecule has 14 heavy (non-hydrogen) atoms. The van der Waals surface area contributed by atoms with Crippen LogP contribution in [-0.4, -0.2) is 33.8 Å². The van der Waals surface area contributed by atoms with Crippen molar-refractivity contribution >= 4 is 10.0 Å². The molecule has 0 aromatic rings. The van der Waals surface area contributed by atoms with Crippen molar-refractivity contribution in [2.45, 2.75) is 37.4 Å². The van der Waals surface area contributed by atoms with E-state index in [1.54, 1.807) is 0 Å². The van der Waals surface area contributed by atoms with E-state index in [1.807, 2.05) is 7.05 Å². The summed E-state index contributed by atoms with van der Waals surface area (Å²) in [4.78, 5) is 0. The van der Waals surface area contributed by atoms with Gasteiger partial charge in [-0.1, -0.05) is 12.8 Å². The van der Waals surface area contributed by atoms with Gasteiger partial charge in [0.25, 0.3) is 0 Å². The fraction of sp³-hybridized carbons (Fsp3) is 1.00. The van der Waals surface area contributed by atoms with Crippen LogP contribution in [0.2, 0.25) is 0 Å². The van der Waals surface area contributed by atoms with Crippen molar-refractivity contribution < 1.29 is 8.42 Å². The number of nitrogens with one attached hydrogen (secondary N) is 2. The van der Waals surface area contributed by atoms with E-state index in [0.29, 0.717) is 6.54 Å². The normalized spacial score (nSPS) is 18.9. The first-order valence-electron chi connectivity index (χ1n) is 5.30. The van der Waals surface area contributed by atoms with Gasteiger partial charge in [0.05, 0.1) is 5.25 Å². The summed E-state index contributed by atoms with van der Waals surface area (Å²) in [6, 6.07) is 0. The molecular weight excluding hydrogens is 200 g/mol. The van der Waals surface area contributed by atoms with E-state index in [9.17, 15) is 8.42 Å². The van der Waals surface area contributed by atoms with Gasteiger partial charge in [-0.15, -0.1) is 0 Å². The van der Waals surface area contributed by atoms with Gasteiger partial charge < -0.3 is 5.32 Å². The van der Waals surface area contributed by atoms with Crippen molar-refractivity contribution in [1.29, 1.82) is 0 Å². The van der Waals surface area contributed by atoms with Gasteiger partial charge in [-0.05, 0) is 32.9 Å². The van der Waals surface area contributed by atoms with Crippen molar-refractivity contribution in [2.75, 3.05) is 20.1 Å². The number of rotatable bonds is 6. The Labute approximate surface area is 86.5 Å². The molecule has 84 valence electrons. The molecule has 0 amide bonds. The highest BCUT2D eigenvalue weighted by Gasteiger charge is 2.27. The molecule has 0 aromatic heterocycles. The molecule has 2 N–H and O–H groups in total. The van der Waals surface area contributed by atoms with Crippen LogP contribution < -0.4 is 10.0 Å². The molecule has 0 aliphatic heterocycles. The third-order valence-corrected chi connectivity index (χ3v) is 4.60. The molecule has 0 spiro atoms. The van der Waals surface area contributed by atoms with Gasteiger partial charge in [-0.2, -0.15) is 0 Å². The molecular formula is C9H20N2O2S. The SMILES string of the molecule is CNCCCNS(=O)(=O)C1CCCC1. The van der Waals surface area contributed by atoms with Gasteiger partial charge in [0, 0.05) is 6.54 Å². The van der Waals surface area contributed by atoms with Crippen LogP contribution in [0, 0.1) is 0 Å². The molecule has 1 aliphatic rings. The molecule has 0 heterocycles. The van der Waals surface area contributed by atoms with Crippen LogP contribution >= 0.6 is 0 Å². The van der Waals surface area contributed by atoms with Crippen molar-refractivity contribution in [3.05, 3.63) is 0 Å². The Balaban J connectivity index is 2.26. The summed E-state index contributed by atoms with van der Waals surface area (Å²) in [6.45, 7) is 1.41. The maximum atomic E-state index is 11.7. The summed E-state index contributed by atoms with van der Waals surface area (Å²) in [5, 5.41) is 2.86. The third kappa shape index (κ3) is 3.55. The summed E-state index contributed by atoms with van der Waals surface area (Å²) in [6.07, 6.45) is 4.63. The van der Waals surface area contributed by atoms with Gasteiger partial charge in [0.15, 0.2) is 0 Å². The third-order valence-electron chi connectivity index (χ3n) is 2.65. The average Bonchev–Trinajstić information content (AvgIpc) is 2.65. The summed E-state index contributed by atoms with van der Waals surface area (Å²) < 4.78 is 26.0. The minimum atomic E-state index is -3.02. The Morgan fingerprint density at radius 3 is 2.43 bits per heavy atom. The zero-order valence-electron chi connectivity index (χ0n) is 8.75. The van der Waals surface area contributed by atoms with E-state index >= 15 is 0 Å². The first-order valence-corrected chi connectivity index (χ1v) is 6.84. The lowest BCUT2D eigenvalue weighted by Crippen LogP contribution is -2.34. The maximum Gasteiger partial charge on any atom is 0.214 e. The molecule has 0 bridgehead atoms. The lowest BCUT2D eigenvalue weighted by molar-refractivity contribution is 0.561. The second-order valence-electron chi connectivity index (χ2n) is 3.80. The molecule has 5 heteroatoms. The minimum Gasteiger partial charge on any atom is -0.320 e. The maximum absolute atomic E-state index is 11.7. The Bertz CT molecular complexity index is 246. The quantitative estimate of drug-likeness (QED) is 0.639. The Morgan fingerprint density at radius 2 is 1.86 bits per heavy atom. The summed E-state index contributed by atoms with van der Waals surface area (Å²) >= 11 is 0. The highest BCUT2D eigenvalue weighted by atomic mass is 32.2. The predicted molar refractivity (Wildman–Crippen MR) is 57.7 cm³/mol.